The van der Waals surface area contributed by atoms with Gasteiger partial charge >= 0.3 is 6.03 Å². The molecule has 0 aromatic carbocycles. The third-order valence-corrected chi connectivity index (χ3v) is 4.72. The number of aromatic nitrogens is 1. The summed E-state index contributed by atoms with van der Waals surface area (Å²) < 4.78 is 14.2. The maximum atomic E-state index is 14.2. The zero-order valence-corrected chi connectivity index (χ0v) is 13.4. The zero-order chi connectivity index (χ0) is 16.2. The van der Waals surface area contributed by atoms with Crippen molar-refractivity contribution in [1.82, 2.24) is 9.88 Å². The van der Waals surface area contributed by atoms with Crippen LogP contribution in [0.4, 0.5) is 15.0 Å². The molecule has 2 aliphatic rings. The van der Waals surface area contributed by atoms with E-state index in [-0.39, 0.29) is 25.2 Å². The van der Waals surface area contributed by atoms with Gasteiger partial charge in [0.05, 0.1) is 10.7 Å². The first-order valence-electron chi connectivity index (χ1n) is 7.18. The van der Waals surface area contributed by atoms with E-state index in [4.69, 9.17) is 11.6 Å². The van der Waals surface area contributed by atoms with E-state index in [2.05, 4.69) is 4.98 Å². The van der Waals surface area contributed by atoms with Crippen molar-refractivity contribution in [3.63, 3.8) is 0 Å². The highest BCUT2D eigenvalue weighted by Gasteiger charge is 2.52. The molecule has 2 atom stereocenters. The summed E-state index contributed by atoms with van der Waals surface area (Å²) >= 11 is 6.01. The summed E-state index contributed by atoms with van der Waals surface area (Å²) in [7, 11) is 0. The molecule has 3 rings (SSSR count). The van der Waals surface area contributed by atoms with Crippen molar-refractivity contribution in [2.45, 2.75) is 45.3 Å². The lowest BCUT2D eigenvalue weighted by Crippen LogP contribution is -2.47. The quantitative estimate of drug-likeness (QED) is 0.746. The number of hydrogen-bond donors (Lipinski definition) is 0. The van der Waals surface area contributed by atoms with E-state index >= 15 is 0 Å². The maximum absolute atomic E-state index is 14.2. The molecular formula is C15H17ClFN3O2. The van der Waals surface area contributed by atoms with E-state index in [1.807, 2.05) is 0 Å². The minimum atomic E-state index is -1.43. The summed E-state index contributed by atoms with van der Waals surface area (Å²) in [4.78, 5) is 31.9. The fourth-order valence-corrected chi connectivity index (χ4v) is 3.23. The number of aryl methyl sites for hydroxylation is 2. The van der Waals surface area contributed by atoms with E-state index < -0.39 is 23.6 Å². The smallest absolute Gasteiger partial charge is 0.312 e. The molecule has 1 aromatic rings. The van der Waals surface area contributed by atoms with Gasteiger partial charge in [0, 0.05) is 13.0 Å². The van der Waals surface area contributed by atoms with Gasteiger partial charge in [-0.2, -0.15) is 0 Å². The van der Waals surface area contributed by atoms with E-state index in [1.54, 1.807) is 19.9 Å². The number of urea groups is 1. The Morgan fingerprint density at radius 2 is 2.09 bits per heavy atom. The van der Waals surface area contributed by atoms with Gasteiger partial charge in [-0.05, 0) is 38.8 Å². The van der Waals surface area contributed by atoms with Crippen molar-refractivity contribution in [3.05, 3.63) is 22.3 Å². The molecule has 3 heterocycles. The highest BCUT2D eigenvalue weighted by atomic mass is 35.5. The summed E-state index contributed by atoms with van der Waals surface area (Å²) in [5.41, 5.74) is -0.242. The normalized spacial score (nSPS) is 28.3. The van der Waals surface area contributed by atoms with Crippen LogP contribution in [0.3, 0.4) is 0 Å². The number of pyridine rings is 1. The highest BCUT2D eigenvalue weighted by Crippen LogP contribution is 2.37. The Labute approximate surface area is 133 Å². The molecule has 0 saturated carbocycles. The van der Waals surface area contributed by atoms with E-state index in [1.165, 1.54) is 11.8 Å². The molecular weight excluding hydrogens is 309 g/mol. The number of fused-ring (bicyclic) bond motifs is 1. The fourth-order valence-electron chi connectivity index (χ4n) is 3.03. The Bertz CT molecular complexity index is 677. The van der Waals surface area contributed by atoms with E-state index in [0.717, 1.165) is 4.90 Å². The molecule has 1 aromatic heterocycles. The van der Waals surface area contributed by atoms with Crippen LogP contribution in [0.15, 0.2) is 6.07 Å². The van der Waals surface area contributed by atoms with Crippen LogP contribution in [-0.4, -0.2) is 40.1 Å². The number of anilines is 1. The molecule has 0 radical (unpaired) electrons. The molecule has 7 heteroatoms. The lowest BCUT2D eigenvalue weighted by Gasteiger charge is -2.34. The van der Waals surface area contributed by atoms with Gasteiger partial charge < -0.3 is 4.90 Å². The largest absolute Gasteiger partial charge is 0.333 e. The van der Waals surface area contributed by atoms with Gasteiger partial charge in [0.2, 0.25) is 0 Å². The summed E-state index contributed by atoms with van der Waals surface area (Å²) in [5.74, 6) is -0.127. The highest BCUT2D eigenvalue weighted by molar-refractivity contribution is 6.31. The zero-order valence-electron chi connectivity index (χ0n) is 12.7. The van der Waals surface area contributed by atoms with Crippen LogP contribution in [0.1, 0.15) is 31.0 Å². The van der Waals surface area contributed by atoms with Crippen LogP contribution >= 0.6 is 11.6 Å². The van der Waals surface area contributed by atoms with Gasteiger partial charge in [-0.1, -0.05) is 11.6 Å². The van der Waals surface area contributed by atoms with Gasteiger partial charge in [-0.25, -0.2) is 19.1 Å². The number of imide groups is 1. The Morgan fingerprint density at radius 1 is 1.41 bits per heavy atom. The lowest BCUT2D eigenvalue weighted by molar-refractivity contribution is -0.122. The minimum absolute atomic E-state index is 0.0275. The number of piperidine rings is 1. The van der Waals surface area contributed by atoms with Crippen LogP contribution in [0.25, 0.3) is 0 Å². The Morgan fingerprint density at radius 3 is 2.77 bits per heavy atom. The average molecular weight is 326 g/mol. The number of halogens is 2. The molecule has 3 amide bonds. The molecule has 0 spiro atoms. The van der Waals surface area contributed by atoms with Crippen molar-refractivity contribution in [3.8, 4) is 0 Å². The Kier molecular flexibility index (Phi) is 3.40. The number of rotatable bonds is 1. The van der Waals surface area contributed by atoms with Crippen LogP contribution in [0, 0.1) is 13.8 Å². The van der Waals surface area contributed by atoms with Gasteiger partial charge in [-0.15, -0.1) is 0 Å². The van der Waals surface area contributed by atoms with Crippen LogP contribution in [-0.2, 0) is 4.79 Å². The van der Waals surface area contributed by atoms with Crippen LogP contribution in [0.2, 0.25) is 5.02 Å². The Hall–Kier alpha value is -1.69. The summed E-state index contributed by atoms with van der Waals surface area (Å²) in [6.07, 6.45) is 0.266. The van der Waals surface area contributed by atoms with Crippen molar-refractivity contribution in [2.75, 3.05) is 11.4 Å². The molecule has 2 fully saturated rings. The third-order valence-electron chi connectivity index (χ3n) is 4.34. The first kappa shape index (κ1) is 15.2. The van der Waals surface area contributed by atoms with Gasteiger partial charge in [0.25, 0.3) is 5.91 Å². The van der Waals surface area contributed by atoms with Crippen molar-refractivity contribution in [2.24, 2.45) is 0 Å². The number of amides is 3. The fraction of sp³-hybridized carbons (Fsp3) is 0.533. The van der Waals surface area contributed by atoms with Crippen molar-refractivity contribution < 1.29 is 14.0 Å². The number of carbonyl (C=O) groups excluding carboxylic acids is 2. The number of nitrogens with zero attached hydrogens (tertiary/aromatic N) is 3. The van der Waals surface area contributed by atoms with Crippen LogP contribution < -0.4 is 4.90 Å². The van der Waals surface area contributed by atoms with E-state index in [0.29, 0.717) is 16.3 Å². The van der Waals surface area contributed by atoms with Crippen LogP contribution in [0.5, 0.6) is 0 Å². The average Bonchev–Trinajstić information content (AvgIpc) is 2.65. The molecule has 2 unspecified atom stereocenters. The summed E-state index contributed by atoms with van der Waals surface area (Å²) in [6, 6.07) is 0.507. The molecule has 0 bridgehead atoms. The number of hydrogen-bond acceptors (Lipinski definition) is 3. The van der Waals surface area contributed by atoms with Gasteiger partial charge in [0.1, 0.15) is 17.5 Å². The van der Waals surface area contributed by atoms with E-state index in [9.17, 15) is 14.0 Å². The predicted molar refractivity (Wildman–Crippen MR) is 80.8 cm³/mol. The molecule has 5 nitrogen and oxygen atoms in total. The Balaban J connectivity index is 2.01. The topological polar surface area (TPSA) is 53.5 Å². The summed E-state index contributed by atoms with van der Waals surface area (Å²) in [5, 5.41) is 0.481. The maximum Gasteiger partial charge on any atom is 0.333 e. The second-order valence-corrected chi connectivity index (χ2v) is 6.64. The molecule has 118 valence electrons. The molecule has 2 saturated heterocycles. The van der Waals surface area contributed by atoms with Crippen molar-refractivity contribution >= 4 is 29.4 Å². The minimum Gasteiger partial charge on any atom is -0.312 e. The molecule has 2 aliphatic heterocycles. The molecule has 0 N–H and O–H groups in total. The molecule has 22 heavy (non-hydrogen) atoms. The SMILES string of the molecule is Cc1cc(Cl)c(C)nc1N1C(=O)C2CC(C)(F)CCN2C1=O. The van der Waals surface area contributed by atoms with Gasteiger partial charge in [0.15, 0.2) is 0 Å². The third kappa shape index (κ3) is 2.26. The lowest BCUT2D eigenvalue weighted by atomic mass is 9.90. The first-order chi connectivity index (χ1) is 10.2. The summed E-state index contributed by atoms with van der Waals surface area (Å²) in [6.45, 7) is 5.16. The number of carbonyl (C=O) groups is 2. The van der Waals surface area contributed by atoms with Gasteiger partial charge in [-0.3, -0.25) is 4.79 Å². The first-order valence-corrected chi connectivity index (χ1v) is 7.56. The number of alkyl halides is 1. The standard InChI is InChI=1S/C15H17ClFN3O2/c1-8-6-10(16)9(2)18-12(8)20-13(21)11-7-15(3,17)4-5-19(11)14(20)22/h6,11H,4-5,7H2,1-3H3. The second kappa shape index (κ2) is 4.91. The molecule has 0 aliphatic carbocycles. The van der Waals surface area contributed by atoms with Crippen molar-refractivity contribution in [1.29, 1.82) is 0 Å². The monoisotopic (exact) mass is 325 g/mol. The predicted octanol–water partition coefficient (Wildman–Crippen LogP) is 3.01. The second-order valence-electron chi connectivity index (χ2n) is 6.23.